The molecule has 2 aromatic rings. The Kier molecular flexibility index (Phi) is 6.94. The average molecular weight is 384 g/mol. The monoisotopic (exact) mass is 384 g/mol. The molecule has 27 heavy (non-hydrogen) atoms. The summed E-state index contributed by atoms with van der Waals surface area (Å²) < 4.78 is 44.2. The SMILES string of the molecule is CCOCC(=O)Nc1cc(C(=O)NCCc2cn[nH]c2)cc(C(F)(F)F)c1. The number of anilines is 1. The molecule has 3 N–H and O–H groups in total. The van der Waals surface area contributed by atoms with Gasteiger partial charge in [-0.3, -0.25) is 14.7 Å². The molecule has 0 radical (unpaired) electrons. The fraction of sp³-hybridized carbons (Fsp3) is 0.353. The van der Waals surface area contributed by atoms with Crippen molar-refractivity contribution in [3.8, 4) is 0 Å². The molecule has 1 aromatic heterocycles. The van der Waals surface area contributed by atoms with Gasteiger partial charge < -0.3 is 15.4 Å². The standard InChI is InChI=1S/C17H19F3N4O3/c1-2-27-10-15(25)24-14-6-12(5-13(7-14)17(18,19)20)16(26)21-4-3-11-8-22-23-9-11/h5-9H,2-4,10H2,1H3,(H,21,26)(H,22,23)(H,24,25). The lowest BCUT2D eigenvalue weighted by Gasteiger charge is -2.13. The summed E-state index contributed by atoms with van der Waals surface area (Å²) in [5.41, 5.74) is -0.516. The number of carbonyl (C=O) groups excluding carboxylic acids is 2. The largest absolute Gasteiger partial charge is 0.416 e. The number of carbonyl (C=O) groups is 2. The first-order valence-electron chi connectivity index (χ1n) is 8.15. The van der Waals surface area contributed by atoms with Gasteiger partial charge in [-0.15, -0.1) is 0 Å². The lowest BCUT2D eigenvalue weighted by atomic mass is 10.1. The van der Waals surface area contributed by atoms with Gasteiger partial charge in [-0.25, -0.2) is 0 Å². The minimum atomic E-state index is -4.66. The van der Waals surface area contributed by atoms with Gasteiger partial charge >= 0.3 is 6.18 Å². The molecule has 0 aliphatic rings. The summed E-state index contributed by atoms with van der Waals surface area (Å²) in [7, 11) is 0. The molecule has 1 heterocycles. The molecule has 0 saturated heterocycles. The van der Waals surface area contributed by atoms with Crippen LogP contribution >= 0.6 is 0 Å². The molecule has 2 amide bonds. The average Bonchev–Trinajstić information content (AvgIpc) is 3.12. The Morgan fingerprint density at radius 2 is 2.04 bits per heavy atom. The molecule has 0 aliphatic carbocycles. The highest BCUT2D eigenvalue weighted by atomic mass is 19.4. The zero-order chi connectivity index (χ0) is 19.9. The van der Waals surface area contributed by atoms with Gasteiger partial charge in [0.2, 0.25) is 5.91 Å². The number of nitrogens with one attached hydrogen (secondary N) is 3. The molecule has 0 aliphatic heterocycles. The number of hydrogen-bond donors (Lipinski definition) is 3. The molecule has 7 nitrogen and oxygen atoms in total. The van der Waals surface area contributed by atoms with Crippen LogP contribution in [0.25, 0.3) is 0 Å². The van der Waals surface area contributed by atoms with Gasteiger partial charge in [0.15, 0.2) is 0 Å². The molecule has 2 rings (SSSR count). The van der Waals surface area contributed by atoms with Gasteiger partial charge in [0.1, 0.15) is 6.61 Å². The van der Waals surface area contributed by atoms with Gasteiger partial charge in [-0.2, -0.15) is 18.3 Å². The number of aromatic amines is 1. The molecule has 0 bridgehead atoms. The van der Waals surface area contributed by atoms with Crippen molar-refractivity contribution in [2.24, 2.45) is 0 Å². The van der Waals surface area contributed by atoms with Crippen LogP contribution in [0.5, 0.6) is 0 Å². The molecule has 146 valence electrons. The maximum atomic E-state index is 13.1. The number of hydrogen-bond acceptors (Lipinski definition) is 4. The summed E-state index contributed by atoms with van der Waals surface area (Å²) >= 11 is 0. The van der Waals surface area contributed by atoms with Crippen molar-refractivity contribution < 1.29 is 27.5 Å². The molecule has 0 fully saturated rings. The molecule has 1 aromatic carbocycles. The van der Waals surface area contributed by atoms with Crippen LogP contribution in [0.2, 0.25) is 0 Å². The number of rotatable bonds is 8. The fourth-order valence-electron chi connectivity index (χ4n) is 2.22. The molecule has 0 saturated carbocycles. The van der Waals surface area contributed by atoms with E-state index in [-0.39, 0.29) is 24.4 Å². The van der Waals surface area contributed by atoms with E-state index in [9.17, 15) is 22.8 Å². The highest BCUT2D eigenvalue weighted by Gasteiger charge is 2.32. The quantitative estimate of drug-likeness (QED) is 0.651. The zero-order valence-electron chi connectivity index (χ0n) is 14.5. The second kappa shape index (κ2) is 9.17. The van der Waals surface area contributed by atoms with Crippen LogP contribution in [0, 0.1) is 0 Å². The Bertz CT molecular complexity index is 776. The zero-order valence-corrected chi connectivity index (χ0v) is 14.5. The summed E-state index contributed by atoms with van der Waals surface area (Å²) in [4.78, 5) is 23.9. The maximum absolute atomic E-state index is 13.1. The van der Waals surface area contributed by atoms with Gasteiger partial charge in [-0.1, -0.05) is 0 Å². The third-order valence-electron chi connectivity index (χ3n) is 3.50. The lowest BCUT2D eigenvalue weighted by Crippen LogP contribution is -2.26. The van der Waals surface area contributed by atoms with E-state index in [0.29, 0.717) is 13.0 Å². The molecular formula is C17H19F3N4O3. The summed E-state index contributed by atoms with van der Waals surface area (Å²) in [5, 5.41) is 11.2. The van der Waals surface area contributed by atoms with Crippen molar-refractivity contribution in [1.29, 1.82) is 0 Å². The number of ether oxygens (including phenoxy) is 1. The number of alkyl halides is 3. The predicted octanol–water partition coefficient (Wildman–Crippen LogP) is 2.38. The van der Waals surface area contributed by atoms with E-state index < -0.39 is 23.6 Å². The fourth-order valence-corrected chi connectivity index (χ4v) is 2.22. The van der Waals surface area contributed by atoms with E-state index in [1.54, 1.807) is 19.3 Å². The van der Waals surface area contributed by atoms with Crippen LogP contribution in [0.4, 0.5) is 18.9 Å². The molecular weight excluding hydrogens is 365 g/mol. The van der Waals surface area contributed by atoms with E-state index in [0.717, 1.165) is 17.7 Å². The Hall–Kier alpha value is -2.88. The number of halogens is 3. The highest BCUT2D eigenvalue weighted by molar-refractivity contribution is 5.97. The molecule has 0 spiro atoms. The minimum absolute atomic E-state index is 0.130. The van der Waals surface area contributed by atoms with Crippen LogP contribution in [0.3, 0.4) is 0 Å². The summed E-state index contributed by atoms with van der Waals surface area (Å²) in [6.07, 6.45) is -0.948. The smallest absolute Gasteiger partial charge is 0.372 e. The van der Waals surface area contributed by atoms with E-state index >= 15 is 0 Å². The van der Waals surface area contributed by atoms with Gasteiger partial charge in [0.05, 0.1) is 11.8 Å². The second-order valence-corrected chi connectivity index (χ2v) is 5.59. The third-order valence-corrected chi connectivity index (χ3v) is 3.50. The first-order valence-corrected chi connectivity index (χ1v) is 8.15. The van der Waals surface area contributed by atoms with Crippen LogP contribution in [0.1, 0.15) is 28.4 Å². The van der Waals surface area contributed by atoms with Crippen molar-refractivity contribution in [2.45, 2.75) is 19.5 Å². The number of amides is 2. The Labute approximate surface area is 153 Å². The number of nitrogens with zero attached hydrogens (tertiary/aromatic N) is 1. The molecule has 0 unspecified atom stereocenters. The molecule has 0 atom stereocenters. The Morgan fingerprint density at radius 3 is 2.67 bits per heavy atom. The Balaban J connectivity index is 2.11. The van der Waals surface area contributed by atoms with Gasteiger partial charge in [0.25, 0.3) is 5.91 Å². The van der Waals surface area contributed by atoms with Crippen molar-refractivity contribution in [2.75, 3.05) is 25.1 Å². The van der Waals surface area contributed by atoms with Crippen LogP contribution in [0.15, 0.2) is 30.6 Å². The Morgan fingerprint density at radius 1 is 1.26 bits per heavy atom. The third kappa shape index (κ3) is 6.41. The highest BCUT2D eigenvalue weighted by Crippen LogP contribution is 2.32. The van der Waals surface area contributed by atoms with Crippen molar-refractivity contribution in [3.05, 3.63) is 47.3 Å². The second-order valence-electron chi connectivity index (χ2n) is 5.59. The van der Waals surface area contributed by atoms with Crippen LogP contribution in [-0.2, 0) is 22.1 Å². The maximum Gasteiger partial charge on any atom is 0.416 e. The summed E-state index contributed by atoms with van der Waals surface area (Å²) in [6.45, 7) is 1.91. The van der Waals surface area contributed by atoms with Crippen molar-refractivity contribution >= 4 is 17.5 Å². The van der Waals surface area contributed by atoms with Crippen molar-refractivity contribution in [3.63, 3.8) is 0 Å². The summed E-state index contributed by atoms with van der Waals surface area (Å²) in [6, 6.07) is 2.70. The summed E-state index contributed by atoms with van der Waals surface area (Å²) in [5.74, 6) is -1.28. The van der Waals surface area contributed by atoms with Gasteiger partial charge in [0, 0.05) is 30.6 Å². The van der Waals surface area contributed by atoms with Crippen LogP contribution < -0.4 is 10.6 Å². The first kappa shape index (κ1) is 20.4. The van der Waals surface area contributed by atoms with Gasteiger partial charge in [-0.05, 0) is 37.1 Å². The van der Waals surface area contributed by atoms with E-state index in [4.69, 9.17) is 4.74 Å². The van der Waals surface area contributed by atoms with E-state index in [1.807, 2.05) is 0 Å². The first-order chi connectivity index (χ1) is 12.8. The number of benzene rings is 1. The number of aromatic nitrogens is 2. The van der Waals surface area contributed by atoms with E-state index in [2.05, 4.69) is 20.8 Å². The van der Waals surface area contributed by atoms with Crippen LogP contribution in [-0.4, -0.2) is 41.8 Å². The number of H-pyrrole nitrogens is 1. The topological polar surface area (TPSA) is 96.1 Å². The minimum Gasteiger partial charge on any atom is -0.372 e. The van der Waals surface area contributed by atoms with E-state index in [1.165, 1.54) is 6.07 Å². The lowest BCUT2D eigenvalue weighted by molar-refractivity contribution is -0.137. The normalized spacial score (nSPS) is 11.3. The molecule has 10 heteroatoms. The predicted molar refractivity (Wildman–Crippen MR) is 91.2 cm³/mol. The van der Waals surface area contributed by atoms with Crippen molar-refractivity contribution in [1.82, 2.24) is 15.5 Å².